The van der Waals surface area contributed by atoms with Gasteiger partial charge in [0.1, 0.15) is 12.1 Å². The van der Waals surface area contributed by atoms with E-state index >= 15 is 0 Å². The Morgan fingerprint density at radius 3 is 2.40 bits per heavy atom. The first-order valence-corrected chi connectivity index (χ1v) is 13.8. The molecule has 8 nitrogen and oxygen atoms in total. The molecule has 2 amide bonds. The van der Waals surface area contributed by atoms with E-state index in [0.717, 1.165) is 44.1 Å². The molecule has 174 valence electrons. The number of carbonyl (C=O) groups is 2. The number of nitrogens with two attached hydrogens (primary N) is 1. The van der Waals surface area contributed by atoms with Gasteiger partial charge < -0.3 is 16.0 Å². The first-order valence-electron chi connectivity index (χ1n) is 10.9. The van der Waals surface area contributed by atoms with Gasteiger partial charge in [0.15, 0.2) is 0 Å². The lowest BCUT2D eigenvalue weighted by molar-refractivity contribution is -0.140. The van der Waals surface area contributed by atoms with Crippen LogP contribution in [-0.2, 0) is 19.6 Å². The van der Waals surface area contributed by atoms with E-state index in [1.54, 1.807) is 4.90 Å². The van der Waals surface area contributed by atoms with Crippen LogP contribution in [0.25, 0.3) is 0 Å². The van der Waals surface area contributed by atoms with E-state index in [1.807, 2.05) is 20.8 Å². The highest BCUT2D eigenvalue weighted by Crippen LogP contribution is 2.31. The Morgan fingerprint density at radius 1 is 1.20 bits per heavy atom. The van der Waals surface area contributed by atoms with Gasteiger partial charge in [-0.15, -0.1) is 0 Å². The molecular weight excluding hydrogens is 424 g/mol. The number of rotatable bonds is 9. The summed E-state index contributed by atoms with van der Waals surface area (Å²) < 4.78 is 25.8. The molecule has 0 spiro atoms. The summed E-state index contributed by atoms with van der Waals surface area (Å²) in [4.78, 5) is 27.8. The monoisotopic (exact) mass is 462 g/mol. The molecule has 1 saturated heterocycles. The van der Waals surface area contributed by atoms with Crippen molar-refractivity contribution in [2.75, 3.05) is 25.1 Å². The molecule has 0 aromatic carbocycles. The van der Waals surface area contributed by atoms with E-state index in [4.69, 9.17) is 5.73 Å². The van der Waals surface area contributed by atoms with E-state index < -0.39 is 26.9 Å². The number of carbonyl (C=O) groups excluding carboxylic acids is 2. The number of amides is 2. The topological polar surface area (TPSA) is 122 Å². The van der Waals surface area contributed by atoms with Gasteiger partial charge in [-0.05, 0) is 64.0 Å². The molecule has 2 rings (SSSR count). The zero-order valence-corrected chi connectivity index (χ0v) is 20.3. The Balaban J connectivity index is 2.06. The Kier molecular flexibility index (Phi) is 9.03. The van der Waals surface area contributed by atoms with Crippen LogP contribution in [0.2, 0.25) is 0 Å². The fourth-order valence-corrected chi connectivity index (χ4v) is 6.35. The van der Waals surface area contributed by atoms with Gasteiger partial charge in [-0.3, -0.25) is 9.59 Å². The zero-order chi connectivity index (χ0) is 22.5. The fraction of sp³-hybridized carbons (Fsp3) is 0.900. The minimum atomic E-state index is -3.59. The van der Waals surface area contributed by atoms with Crippen LogP contribution in [0.4, 0.5) is 0 Å². The number of thioether (sulfide) groups is 1. The molecule has 0 aromatic heterocycles. The van der Waals surface area contributed by atoms with Crippen molar-refractivity contribution >= 4 is 33.6 Å². The minimum absolute atomic E-state index is 0.144. The Morgan fingerprint density at radius 2 is 1.83 bits per heavy atom. The van der Waals surface area contributed by atoms with Crippen molar-refractivity contribution in [3.63, 3.8) is 0 Å². The van der Waals surface area contributed by atoms with Gasteiger partial charge in [-0.25, -0.2) is 13.1 Å². The van der Waals surface area contributed by atoms with Crippen molar-refractivity contribution in [3.05, 3.63) is 0 Å². The fourth-order valence-electron chi connectivity index (χ4n) is 4.38. The average Bonchev–Trinajstić information content (AvgIpc) is 3.14. The number of nitrogens with one attached hydrogen (secondary N) is 2. The third-order valence-corrected chi connectivity index (χ3v) is 8.02. The molecular formula is C20H38N4O4S2. The first-order chi connectivity index (χ1) is 13.9. The summed E-state index contributed by atoms with van der Waals surface area (Å²) in [6, 6.07) is -1.20. The molecule has 0 aromatic rings. The highest BCUT2D eigenvalue weighted by atomic mass is 32.2. The maximum Gasteiger partial charge on any atom is 0.242 e. The van der Waals surface area contributed by atoms with Crippen LogP contribution < -0.4 is 15.8 Å². The molecule has 1 saturated carbocycles. The van der Waals surface area contributed by atoms with Gasteiger partial charge in [0.2, 0.25) is 21.8 Å². The van der Waals surface area contributed by atoms with Crippen molar-refractivity contribution in [1.82, 2.24) is 14.9 Å². The molecule has 0 bridgehead atoms. The Bertz CT molecular complexity index is 706. The lowest BCUT2D eigenvalue weighted by atomic mass is 9.86. The molecule has 1 heterocycles. The summed E-state index contributed by atoms with van der Waals surface area (Å²) in [7, 11) is -3.59. The third kappa shape index (κ3) is 7.10. The van der Waals surface area contributed by atoms with Crippen molar-refractivity contribution < 1.29 is 18.0 Å². The lowest BCUT2D eigenvalue weighted by Gasteiger charge is -2.36. The number of hydrogen-bond acceptors (Lipinski definition) is 6. The van der Waals surface area contributed by atoms with Crippen LogP contribution in [0.1, 0.15) is 59.3 Å². The van der Waals surface area contributed by atoms with Gasteiger partial charge in [-0.2, -0.15) is 11.8 Å². The van der Waals surface area contributed by atoms with E-state index in [9.17, 15) is 18.0 Å². The summed E-state index contributed by atoms with van der Waals surface area (Å²) in [5, 5.41) is 3.03. The van der Waals surface area contributed by atoms with E-state index in [1.165, 1.54) is 11.8 Å². The van der Waals surface area contributed by atoms with Crippen LogP contribution in [-0.4, -0.2) is 73.1 Å². The normalized spacial score (nSPS) is 26.4. The largest absolute Gasteiger partial charge is 0.354 e. The minimum Gasteiger partial charge on any atom is -0.354 e. The molecule has 10 heteroatoms. The summed E-state index contributed by atoms with van der Waals surface area (Å²) in [6.45, 7) is 6.76. The van der Waals surface area contributed by atoms with Gasteiger partial charge in [0.05, 0.1) is 6.26 Å². The maximum atomic E-state index is 13.4. The Hall–Kier alpha value is -0.840. The summed E-state index contributed by atoms with van der Waals surface area (Å²) in [6.07, 6.45) is 6.38. The lowest BCUT2D eigenvalue weighted by Crippen LogP contribution is -2.59. The summed E-state index contributed by atoms with van der Waals surface area (Å²) in [5.74, 6) is 0.707. The van der Waals surface area contributed by atoms with Crippen molar-refractivity contribution in [2.45, 2.75) is 82.2 Å². The number of nitrogens with zero attached hydrogens (tertiary/aromatic N) is 1. The molecule has 0 unspecified atom stereocenters. The standard InChI is InChI=1S/C20H38N4O4S2/c1-5-29-20(2,3)17(23-30(4,27)28)19(26)24-12-6-7-16(24)18(25)22-13-14-8-10-15(21)11-9-14/h14-17,23H,5-13,21H2,1-4H3,(H,22,25)/t14-,15-,16-,17-/m0/s1. The molecule has 0 radical (unpaired) electrons. The smallest absolute Gasteiger partial charge is 0.242 e. The first kappa shape index (κ1) is 25.4. The van der Waals surface area contributed by atoms with E-state index in [2.05, 4.69) is 10.0 Å². The number of hydrogen-bond donors (Lipinski definition) is 3. The van der Waals surface area contributed by atoms with Crippen LogP contribution in [0.15, 0.2) is 0 Å². The van der Waals surface area contributed by atoms with Crippen LogP contribution in [0.5, 0.6) is 0 Å². The molecule has 1 aliphatic heterocycles. The summed E-state index contributed by atoms with van der Waals surface area (Å²) >= 11 is 1.52. The zero-order valence-electron chi connectivity index (χ0n) is 18.6. The Labute approximate surface area is 185 Å². The predicted molar refractivity (Wildman–Crippen MR) is 122 cm³/mol. The average molecular weight is 463 g/mol. The van der Waals surface area contributed by atoms with Crippen LogP contribution in [0, 0.1) is 5.92 Å². The quantitative estimate of drug-likeness (QED) is 0.471. The molecule has 4 N–H and O–H groups in total. The molecule has 2 atom stereocenters. The van der Waals surface area contributed by atoms with E-state index in [-0.39, 0.29) is 17.9 Å². The maximum absolute atomic E-state index is 13.4. The second-order valence-corrected chi connectivity index (χ2v) is 12.8. The summed E-state index contributed by atoms with van der Waals surface area (Å²) in [5.41, 5.74) is 5.95. The predicted octanol–water partition coefficient (Wildman–Crippen LogP) is 1.06. The second-order valence-electron chi connectivity index (χ2n) is 9.08. The number of likely N-dealkylation sites (tertiary alicyclic amines) is 1. The highest BCUT2D eigenvalue weighted by molar-refractivity contribution is 8.00. The molecule has 2 aliphatic rings. The van der Waals surface area contributed by atoms with Gasteiger partial charge >= 0.3 is 0 Å². The molecule has 30 heavy (non-hydrogen) atoms. The SMILES string of the molecule is CCSC(C)(C)[C@@H](NS(C)(=O)=O)C(=O)N1CCC[C@H]1C(=O)NC[C@H]1CC[C@H](N)CC1. The van der Waals surface area contributed by atoms with Gasteiger partial charge in [0, 0.05) is 23.9 Å². The van der Waals surface area contributed by atoms with Crippen molar-refractivity contribution in [3.8, 4) is 0 Å². The van der Waals surface area contributed by atoms with Crippen molar-refractivity contribution in [1.29, 1.82) is 0 Å². The van der Waals surface area contributed by atoms with Crippen LogP contribution in [0.3, 0.4) is 0 Å². The van der Waals surface area contributed by atoms with Crippen molar-refractivity contribution in [2.24, 2.45) is 11.7 Å². The second kappa shape index (κ2) is 10.7. The third-order valence-electron chi connectivity index (χ3n) is 6.09. The van der Waals surface area contributed by atoms with Gasteiger partial charge in [-0.1, -0.05) is 6.92 Å². The number of sulfonamides is 1. The molecule has 2 fully saturated rings. The van der Waals surface area contributed by atoms with Crippen LogP contribution >= 0.6 is 11.8 Å². The highest BCUT2D eigenvalue weighted by Gasteiger charge is 2.44. The van der Waals surface area contributed by atoms with E-state index in [0.29, 0.717) is 25.4 Å². The molecule has 1 aliphatic carbocycles. The van der Waals surface area contributed by atoms with Gasteiger partial charge in [0.25, 0.3) is 0 Å².